The highest BCUT2D eigenvalue weighted by molar-refractivity contribution is 5.79. The molecule has 1 N–H and O–H groups in total. The van der Waals surface area contributed by atoms with E-state index in [9.17, 15) is 9.18 Å². The first-order valence-electron chi connectivity index (χ1n) is 3.62. The van der Waals surface area contributed by atoms with E-state index in [-0.39, 0.29) is 12.2 Å². The van der Waals surface area contributed by atoms with Crippen LogP contribution >= 0.6 is 0 Å². The van der Waals surface area contributed by atoms with Crippen molar-refractivity contribution in [1.29, 1.82) is 0 Å². The molecular weight excluding hydrogens is 171 g/mol. The van der Waals surface area contributed by atoms with E-state index in [1.165, 1.54) is 12.1 Å². The number of carbonyl (C=O) groups is 1. The van der Waals surface area contributed by atoms with Crippen molar-refractivity contribution in [3.05, 3.63) is 35.1 Å². The van der Waals surface area contributed by atoms with Crippen LogP contribution < -0.4 is 0 Å². The molecule has 0 aromatic heterocycles. The van der Waals surface area contributed by atoms with E-state index in [0.29, 0.717) is 11.8 Å². The molecule has 13 heavy (non-hydrogen) atoms. The molecular formula is C10H7FO2. The van der Waals surface area contributed by atoms with Gasteiger partial charge in [-0.05, 0) is 18.2 Å². The molecule has 0 aliphatic rings. The number of aliphatic hydroxyl groups is 1. The third-order valence-electron chi connectivity index (χ3n) is 1.44. The SMILES string of the molecule is O=Cc1cc(F)ccc1C#CCO. The fourth-order valence-electron chi connectivity index (χ4n) is 0.880. The number of benzene rings is 1. The Bertz CT molecular complexity index is 374. The van der Waals surface area contributed by atoms with Crippen molar-refractivity contribution >= 4 is 6.29 Å². The van der Waals surface area contributed by atoms with Gasteiger partial charge in [-0.1, -0.05) is 11.8 Å². The van der Waals surface area contributed by atoms with Gasteiger partial charge in [0, 0.05) is 11.1 Å². The molecule has 0 radical (unpaired) electrons. The third-order valence-corrected chi connectivity index (χ3v) is 1.44. The van der Waals surface area contributed by atoms with E-state index in [1.54, 1.807) is 0 Å². The zero-order valence-corrected chi connectivity index (χ0v) is 6.75. The molecule has 0 aliphatic heterocycles. The number of rotatable bonds is 1. The minimum absolute atomic E-state index is 0.195. The number of hydrogen-bond donors (Lipinski definition) is 1. The van der Waals surface area contributed by atoms with Gasteiger partial charge in [-0.2, -0.15) is 0 Å². The van der Waals surface area contributed by atoms with E-state index in [1.807, 2.05) is 0 Å². The second-order valence-corrected chi connectivity index (χ2v) is 2.31. The topological polar surface area (TPSA) is 37.3 Å². The number of carbonyl (C=O) groups excluding carboxylic acids is 1. The summed E-state index contributed by atoms with van der Waals surface area (Å²) >= 11 is 0. The molecule has 1 aromatic rings. The van der Waals surface area contributed by atoms with Crippen molar-refractivity contribution in [1.82, 2.24) is 0 Å². The zero-order valence-electron chi connectivity index (χ0n) is 6.75. The molecule has 0 saturated carbocycles. The molecule has 66 valence electrons. The van der Waals surface area contributed by atoms with Crippen LogP contribution in [0.4, 0.5) is 4.39 Å². The van der Waals surface area contributed by atoms with Crippen LogP contribution in [0, 0.1) is 17.7 Å². The summed E-state index contributed by atoms with van der Waals surface area (Å²) in [6.45, 7) is -0.282. The van der Waals surface area contributed by atoms with Crippen LogP contribution in [0.5, 0.6) is 0 Å². The highest BCUT2D eigenvalue weighted by Gasteiger charge is 1.99. The minimum atomic E-state index is -0.475. The van der Waals surface area contributed by atoms with Crippen molar-refractivity contribution in [3.63, 3.8) is 0 Å². The average molecular weight is 178 g/mol. The smallest absolute Gasteiger partial charge is 0.151 e. The maximum Gasteiger partial charge on any atom is 0.151 e. The molecule has 0 atom stereocenters. The van der Waals surface area contributed by atoms with Crippen LogP contribution in [0.2, 0.25) is 0 Å². The molecule has 0 bridgehead atoms. The Morgan fingerprint density at radius 1 is 1.54 bits per heavy atom. The molecule has 0 aliphatic carbocycles. The van der Waals surface area contributed by atoms with Crippen LogP contribution in [-0.2, 0) is 0 Å². The maximum atomic E-state index is 12.6. The van der Waals surface area contributed by atoms with Gasteiger partial charge in [0.25, 0.3) is 0 Å². The maximum absolute atomic E-state index is 12.6. The summed E-state index contributed by atoms with van der Waals surface area (Å²) in [5.41, 5.74) is 0.617. The molecule has 1 aromatic carbocycles. The van der Waals surface area contributed by atoms with Gasteiger partial charge in [0.05, 0.1) is 0 Å². The minimum Gasteiger partial charge on any atom is -0.384 e. The normalized spacial score (nSPS) is 8.77. The quantitative estimate of drug-likeness (QED) is 0.514. The largest absolute Gasteiger partial charge is 0.384 e. The number of aliphatic hydroxyl groups excluding tert-OH is 1. The second kappa shape index (κ2) is 4.39. The van der Waals surface area contributed by atoms with E-state index in [2.05, 4.69) is 11.8 Å². The molecule has 0 spiro atoms. The fraction of sp³-hybridized carbons (Fsp3) is 0.100. The Balaban J connectivity index is 3.13. The lowest BCUT2D eigenvalue weighted by Gasteiger charge is -1.95. The number of halogens is 1. The lowest BCUT2D eigenvalue weighted by atomic mass is 10.1. The molecule has 3 heteroatoms. The van der Waals surface area contributed by atoms with Crippen molar-refractivity contribution in [2.45, 2.75) is 0 Å². The number of aldehydes is 1. The van der Waals surface area contributed by atoms with Crippen molar-refractivity contribution in [3.8, 4) is 11.8 Å². The molecule has 0 amide bonds. The van der Waals surface area contributed by atoms with Gasteiger partial charge in [-0.25, -0.2) is 4.39 Å². The van der Waals surface area contributed by atoms with E-state index < -0.39 is 5.82 Å². The Morgan fingerprint density at radius 3 is 2.92 bits per heavy atom. The van der Waals surface area contributed by atoms with Gasteiger partial charge < -0.3 is 5.11 Å². The van der Waals surface area contributed by atoms with Crippen molar-refractivity contribution in [2.24, 2.45) is 0 Å². The first-order chi connectivity index (χ1) is 6.27. The molecule has 0 saturated heterocycles. The van der Waals surface area contributed by atoms with Gasteiger partial charge in [-0.3, -0.25) is 4.79 Å². The Morgan fingerprint density at radius 2 is 2.31 bits per heavy atom. The summed E-state index contributed by atoms with van der Waals surface area (Å²) in [7, 11) is 0. The Labute approximate surface area is 75.0 Å². The summed E-state index contributed by atoms with van der Waals surface area (Å²) in [6.07, 6.45) is 0.532. The summed E-state index contributed by atoms with van der Waals surface area (Å²) in [4.78, 5) is 10.4. The molecule has 1 rings (SSSR count). The van der Waals surface area contributed by atoms with E-state index >= 15 is 0 Å². The lowest BCUT2D eigenvalue weighted by molar-refractivity contribution is 0.112. The van der Waals surface area contributed by atoms with Gasteiger partial charge in [0.2, 0.25) is 0 Å². The highest BCUT2D eigenvalue weighted by Crippen LogP contribution is 2.07. The van der Waals surface area contributed by atoms with Crippen LogP contribution in [0.25, 0.3) is 0 Å². The summed E-state index contributed by atoms with van der Waals surface area (Å²) in [5.74, 6) is 4.45. The first kappa shape index (κ1) is 9.43. The van der Waals surface area contributed by atoms with Crippen molar-refractivity contribution < 1.29 is 14.3 Å². The lowest BCUT2D eigenvalue weighted by Crippen LogP contribution is -1.89. The predicted octanol–water partition coefficient (Wildman–Crippen LogP) is 0.982. The van der Waals surface area contributed by atoms with Crippen LogP contribution in [0.1, 0.15) is 15.9 Å². The predicted molar refractivity (Wildman–Crippen MR) is 45.8 cm³/mol. The van der Waals surface area contributed by atoms with Gasteiger partial charge in [-0.15, -0.1) is 0 Å². The first-order valence-corrected chi connectivity index (χ1v) is 3.62. The fourth-order valence-corrected chi connectivity index (χ4v) is 0.880. The second-order valence-electron chi connectivity index (χ2n) is 2.31. The standard InChI is InChI=1S/C10H7FO2/c11-10-4-3-8(2-1-5-12)9(6-10)7-13/h3-4,6-7,12H,5H2. The molecule has 0 unspecified atom stereocenters. The summed E-state index contributed by atoms with van der Waals surface area (Å²) < 4.78 is 12.6. The van der Waals surface area contributed by atoms with Gasteiger partial charge in [0.1, 0.15) is 12.4 Å². The Kier molecular flexibility index (Phi) is 3.18. The number of hydrogen-bond acceptors (Lipinski definition) is 2. The third kappa shape index (κ3) is 2.39. The van der Waals surface area contributed by atoms with Crippen LogP contribution in [0.3, 0.4) is 0 Å². The monoisotopic (exact) mass is 178 g/mol. The molecule has 0 heterocycles. The molecule has 0 fully saturated rings. The highest BCUT2D eigenvalue weighted by atomic mass is 19.1. The van der Waals surface area contributed by atoms with Crippen LogP contribution in [0.15, 0.2) is 18.2 Å². The molecule has 2 nitrogen and oxygen atoms in total. The van der Waals surface area contributed by atoms with Gasteiger partial charge >= 0.3 is 0 Å². The summed E-state index contributed by atoms with van der Waals surface area (Å²) in [5, 5.41) is 8.41. The summed E-state index contributed by atoms with van der Waals surface area (Å²) in [6, 6.07) is 3.73. The van der Waals surface area contributed by atoms with Crippen molar-refractivity contribution in [2.75, 3.05) is 6.61 Å². The zero-order chi connectivity index (χ0) is 9.68. The van der Waals surface area contributed by atoms with E-state index in [0.717, 1.165) is 6.07 Å². The van der Waals surface area contributed by atoms with Crippen LogP contribution in [-0.4, -0.2) is 18.0 Å². The average Bonchev–Trinajstić information content (AvgIpc) is 2.16. The van der Waals surface area contributed by atoms with E-state index in [4.69, 9.17) is 5.11 Å². The Hall–Kier alpha value is -1.66. The van der Waals surface area contributed by atoms with Gasteiger partial charge in [0.15, 0.2) is 6.29 Å².